The molecule has 1 aromatic carbocycles. The predicted octanol–water partition coefficient (Wildman–Crippen LogP) is 1.86. The van der Waals surface area contributed by atoms with Crippen LogP contribution in [-0.4, -0.2) is 0 Å². The Kier molecular flexibility index (Phi) is 2.63. The summed E-state index contributed by atoms with van der Waals surface area (Å²) in [4.78, 5) is 0. The fourth-order valence-electron chi connectivity index (χ4n) is 1.03. The minimum atomic E-state index is -4.54. The minimum absolute atomic E-state index is 0.0395. The number of nitrogen functional groups attached to an aromatic ring is 1. The first-order chi connectivity index (χ1) is 6.50. The van der Waals surface area contributed by atoms with Crippen LogP contribution in [0.15, 0.2) is 18.2 Å². The van der Waals surface area contributed by atoms with Crippen molar-refractivity contribution in [3.05, 3.63) is 29.3 Å². The first-order valence-corrected chi connectivity index (χ1v) is 3.57. The number of rotatable bonds is 1. The number of anilines is 1. The quantitative estimate of drug-likeness (QED) is 0.538. The van der Waals surface area contributed by atoms with Crippen LogP contribution in [0.4, 0.5) is 18.9 Å². The molecule has 0 amide bonds. The van der Waals surface area contributed by atoms with Crippen molar-refractivity contribution in [3.63, 3.8) is 0 Å². The second-order valence-electron chi connectivity index (χ2n) is 2.48. The number of nitrogens with one attached hydrogen (secondary N) is 1. The van der Waals surface area contributed by atoms with Gasteiger partial charge in [0.15, 0.2) is 0 Å². The molecule has 0 unspecified atom stereocenters. The van der Waals surface area contributed by atoms with Gasteiger partial charge in [-0.05, 0) is 12.1 Å². The van der Waals surface area contributed by atoms with Crippen molar-refractivity contribution in [3.8, 4) is 6.07 Å². The summed E-state index contributed by atoms with van der Waals surface area (Å²) in [6, 6.07) is 4.77. The molecule has 0 aromatic heterocycles. The lowest BCUT2D eigenvalue weighted by Crippen LogP contribution is -2.13. The molecule has 0 aliphatic rings. The molecule has 74 valence electrons. The van der Waals surface area contributed by atoms with Crippen molar-refractivity contribution < 1.29 is 13.2 Å². The maximum absolute atomic E-state index is 12.3. The molecule has 3 nitrogen and oxygen atoms in total. The number of nitriles is 1. The topological polar surface area (TPSA) is 61.8 Å². The van der Waals surface area contributed by atoms with E-state index >= 15 is 0 Å². The van der Waals surface area contributed by atoms with Gasteiger partial charge in [-0.1, -0.05) is 6.07 Å². The van der Waals surface area contributed by atoms with Crippen LogP contribution in [-0.2, 0) is 6.18 Å². The van der Waals surface area contributed by atoms with Crippen molar-refractivity contribution in [2.45, 2.75) is 6.18 Å². The van der Waals surface area contributed by atoms with E-state index in [1.165, 1.54) is 18.2 Å². The Morgan fingerprint density at radius 3 is 2.43 bits per heavy atom. The molecule has 0 fully saturated rings. The van der Waals surface area contributed by atoms with Gasteiger partial charge in [-0.2, -0.15) is 18.4 Å². The van der Waals surface area contributed by atoms with E-state index < -0.39 is 17.3 Å². The lowest BCUT2D eigenvalue weighted by molar-refractivity contribution is -0.137. The predicted molar refractivity (Wildman–Crippen MR) is 44.0 cm³/mol. The number of nitrogens with two attached hydrogens (primary N) is 1. The molecule has 0 heterocycles. The molecule has 0 radical (unpaired) electrons. The van der Waals surface area contributed by atoms with Crippen molar-refractivity contribution in [1.29, 1.82) is 5.26 Å². The summed E-state index contributed by atoms with van der Waals surface area (Å²) in [6.07, 6.45) is -4.54. The van der Waals surface area contributed by atoms with Crippen molar-refractivity contribution >= 4 is 5.69 Å². The van der Waals surface area contributed by atoms with Gasteiger partial charge >= 0.3 is 6.18 Å². The zero-order valence-electron chi connectivity index (χ0n) is 6.89. The fourth-order valence-corrected chi connectivity index (χ4v) is 1.03. The van der Waals surface area contributed by atoms with Gasteiger partial charge < -0.3 is 5.43 Å². The zero-order valence-corrected chi connectivity index (χ0v) is 6.89. The zero-order chi connectivity index (χ0) is 10.8. The van der Waals surface area contributed by atoms with Crippen LogP contribution < -0.4 is 11.3 Å². The molecule has 1 aromatic rings. The summed E-state index contributed by atoms with van der Waals surface area (Å²) in [6.45, 7) is 0. The number of hydrogen-bond donors (Lipinski definition) is 2. The summed E-state index contributed by atoms with van der Waals surface area (Å²) in [5.41, 5.74) is 0.509. The van der Waals surface area contributed by atoms with E-state index in [1.54, 1.807) is 0 Å². The molecule has 0 saturated heterocycles. The number of hydrogen-bond acceptors (Lipinski definition) is 3. The maximum Gasteiger partial charge on any atom is 0.417 e. The summed E-state index contributed by atoms with van der Waals surface area (Å²) in [5, 5.41) is 8.55. The highest BCUT2D eigenvalue weighted by Gasteiger charge is 2.34. The molecule has 14 heavy (non-hydrogen) atoms. The van der Waals surface area contributed by atoms with Gasteiger partial charge in [-0.25, -0.2) is 0 Å². The van der Waals surface area contributed by atoms with Crippen molar-refractivity contribution in [1.82, 2.24) is 0 Å². The smallest absolute Gasteiger partial charge is 0.323 e. The van der Waals surface area contributed by atoms with Crippen LogP contribution in [0, 0.1) is 11.3 Å². The van der Waals surface area contributed by atoms with Crippen LogP contribution in [0.5, 0.6) is 0 Å². The van der Waals surface area contributed by atoms with Gasteiger partial charge in [0.2, 0.25) is 0 Å². The third kappa shape index (κ3) is 1.78. The molecular formula is C8H6F3N3. The third-order valence-electron chi connectivity index (χ3n) is 1.64. The molecule has 0 saturated carbocycles. The Labute approximate surface area is 77.9 Å². The van der Waals surface area contributed by atoms with Gasteiger partial charge in [0.1, 0.15) is 6.07 Å². The van der Waals surface area contributed by atoms with Crippen molar-refractivity contribution in [2.75, 3.05) is 5.43 Å². The first-order valence-electron chi connectivity index (χ1n) is 3.57. The lowest BCUT2D eigenvalue weighted by atomic mass is 10.1. The largest absolute Gasteiger partial charge is 0.417 e. The van der Waals surface area contributed by atoms with Crippen LogP contribution >= 0.6 is 0 Å². The Hall–Kier alpha value is -1.74. The Morgan fingerprint density at radius 2 is 2.00 bits per heavy atom. The van der Waals surface area contributed by atoms with Gasteiger partial charge in [0, 0.05) is 0 Å². The Balaban J connectivity index is 3.39. The maximum atomic E-state index is 12.3. The van der Waals surface area contributed by atoms with Crippen LogP contribution in [0.25, 0.3) is 0 Å². The van der Waals surface area contributed by atoms with Crippen molar-refractivity contribution in [2.24, 2.45) is 5.84 Å². The standard InChI is InChI=1S/C8H6F3N3/c9-8(10,11)6-2-1-3-7(14-13)5(6)4-12/h1-3,14H,13H2. The van der Waals surface area contributed by atoms with E-state index in [0.717, 1.165) is 6.07 Å². The second-order valence-corrected chi connectivity index (χ2v) is 2.48. The lowest BCUT2D eigenvalue weighted by Gasteiger charge is -2.11. The number of nitrogens with zero attached hydrogens (tertiary/aromatic N) is 1. The average Bonchev–Trinajstić information content (AvgIpc) is 2.15. The first kappa shape index (κ1) is 10.3. The van der Waals surface area contributed by atoms with E-state index in [0.29, 0.717) is 0 Å². The van der Waals surface area contributed by atoms with E-state index in [2.05, 4.69) is 0 Å². The second kappa shape index (κ2) is 3.55. The highest BCUT2D eigenvalue weighted by Crippen LogP contribution is 2.34. The monoisotopic (exact) mass is 201 g/mol. The highest BCUT2D eigenvalue weighted by molar-refractivity contribution is 5.60. The molecular weight excluding hydrogens is 195 g/mol. The molecule has 0 aliphatic carbocycles. The van der Waals surface area contributed by atoms with Crippen LogP contribution in [0.2, 0.25) is 0 Å². The van der Waals surface area contributed by atoms with Gasteiger partial charge in [0.05, 0.1) is 16.8 Å². The summed E-state index contributed by atoms with van der Waals surface area (Å²) in [7, 11) is 0. The molecule has 3 N–H and O–H groups in total. The summed E-state index contributed by atoms with van der Waals surface area (Å²) < 4.78 is 37.0. The molecule has 0 bridgehead atoms. The number of benzene rings is 1. The number of halogens is 3. The highest BCUT2D eigenvalue weighted by atomic mass is 19.4. The van der Waals surface area contributed by atoms with E-state index in [9.17, 15) is 13.2 Å². The third-order valence-corrected chi connectivity index (χ3v) is 1.64. The van der Waals surface area contributed by atoms with E-state index in [4.69, 9.17) is 11.1 Å². The van der Waals surface area contributed by atoms with E-state index in [1.807, 2.05) is 5.43 Å². The summed E-state index contributed by atoms with van der Waals surface area (Å²) in [5.74, 6) is 4.97. The molecule has 6 heteroatoms. The molecule has 1 rings (SSSR count). The number of alkyl halides is 3. The fraction of sp³-hybridized carbons (Fsp3) is 0.125. The summed E-state index contributed by atoms with van der Waals surface area (Å²) >= 11 is 0. The molecule has 0 atom stereocenters. The average molecular weight is 201 g/mol. The van der Waals surface area contributed by atoms with Gasteiger partial charge in [-0.15, -0.1) is 0 Å². The Morgan fingerprint density at radius 1 is 1.36 bits per heavy atom. The van der Waals surface area contributed by atoms with Gasteiger partial charge in [-0.3, -0.25) is 5.84 Å². The normalized spacial score (nSPS) is 10.8. The molecule has 0 aliphatic heterocycles. The SMILES string of the molecule is N#Cc1c(NN)cccc1C(F)(F)F. The van der Waals surface area contributed by atoms with Crippen LogP contribution in [0.1, 0.15) is 11.1 Å². The minimum Gasteiger partial charge on any atom is -0.323 e. The number of hydrazine groups is 1. The molecule has 0 spiro atoms. The Bertz CT molecular complexity index is 378. The van der Waals surface area contributed by atoms with E-state index in [-0.39, 0.29) is 5.69 Å². The van der Waals surface area contributed by atoms with Crippen LogP contribution in [0.3, 0.4) is 0 Å². The van der Waals surface area contributed by atoms with Gasteiger partial charge in [0.25, 0.3) is 0 Å².